The zero-order valence-corrected chi connectivity index (χ0v) is 17.8. The second-order valence-corrected chi connectivity index (χ2v) is 7.35. The minimum absolute atomic E-state index is 0.0344. The molecule has 0 saturated heterocycles. The molecule has 1 heterocycles. The zero-order valence-electron chi connectivity index (χ0n) is 16.2. The molecule has 2 aromatic carbocycles. The maximum atomic E-state index is 14.0. The Morgan fingerprint density at radius 3 is 2.73 bits per heavy atom. The number of rotatable bonds is 6. The Labute approximate surface area is 182 Å². The number of amides is 1. The van der Waals surface area contributed by atoms with Crippen molar-refractivity contribution in [3.63, 3.8) is 0 Å². The summed E-state index contributed by atoms with van der Waals surface area (Å²) in [5.74, 6) is -0.956. The second kappa shape index (κ2) is 9.77. The fourth-order valence-corrected chi connectivity index (χ4v) is 3.74. The van der Waals surface area contributed by atoms with Gasteiger partial charge in [0.1, 0.15) is 17.3 Å². The number of halogens is 2. The summed E-state index contributed by atoms with van der Waals surface area (Å²) < 4.78 is 24.1. The molecule has 0 spiro atoms. The van der Waals surface area contributed by atoms with Gasteiger partial charge in [-0.3, -0.25) is 14.5 Å². The first-order valence-corrected chi connectivity index (χ1v) is 10.3. The van der Waals surface area contributed by atoms with Crippen molar-refractivity contribution in [3.05, 3.63) is 64.6 Å². The van der Waals surface area contributed by atoms with E-state index in [4.69, 9.17) is 21.1 Å². The number of anilines is 1. The summed E-state index contributed by atoms with van der Waals surface area (Å²) in [4.78, 5) is 30.5. The van der Waals surface area contributed by atoms with Crippen LogP contribution in [0.25, 0.3) is 6.08 Å². The largest absolute Gasteiger partial charge is 0.495 e. The van der Waals surface area contributed by atoms with Crippen molar-refractivity contribution in [2.24, 2.45) is 4.99 Å². The fourth-order valence-electron chi connectivity index (χ4n) is 2.68. The lowest BCUT2D eigenvalue weighted by molar-refractivity contribution is -0.139. The Kier molecular flexibility index (Phi) is 7.12. The van der Waals surface area contributed by atoms with Crippen LogP contribution in [0.4, 0.5) is 10.1 Å². The molecular weight excluding hydrogens is 431 g/mol. The molecule has 3 rings (SSSR count). The van der Waals surface area contributed by atoms with E-state index in [1.165, 1.54) is 24.2 Å². The van der Waals surface area contributed by atoms with Crippen molar-refractivity contribution in [1.82, 2.24) is 0 Å². The van der Waals surface area contributed by atoms with Gasteiger partial charge in [0.25, 0.3) is 5.91 Å². The van der Waals surface area contributed by atoms with Gasteiger partial charge in [0.2, 0.25) is 0 Å². The summed E-state index contributed by atoms with van der Waals surface area (Å²) >= 11 is 7.26. The summed E-state index contributed by atoms with van der Waals surface area (Å²) in [7, 11) is 1.49. The molecule has 0 saturated carbocycles. The third-order valence-corrected chi connectivity index (χ3v) is 5.25. The lowest BCUT2D eigenvalue weighted by Gasteiger charge is -2.18. The minimum Gasteiger partial charge on any atom is -0.495 e. The van der Waals surface area contributed by atoms with E-state index in [0.29, 0.717) is 16.5 Å². The Hall–Kier alpha value is -2.84. The van der Waals surface area contributed by atoms with Crippen LogP contribution in [-0.4, -0.2) is 36.5 Å². The molecule has 9 heteroatoms. The summed E-state index contributed by atoms with van der Waals surface area (Å²) in [6, 6.07) is 10.9. The highest BCUT2D eigenvalue weighted by molar-refractivity contribution is 8.14. The molecule has 0 aromatic heterocycles. The number of carbonyl (C=O) groups is 2. The molecule has 1 amide bonds. The maximum absolute atomic E-state index is 14.0. The molecule has 0 radical (unpaired) electrons. The van der Waals surface area contributed by atoms with E-state index in [-0.39, 0.29) is 28.8 Å². The van der Waals surface area contributed by atoms with Crippen LogP contribution < -0.4 is 9.64 Å². The van der Waals surface area contributed by atoms with Crippen LogP contribution in [0.2, 0.25) is 5.02 Å². The monoisotopic (exact) mass is 448 g/mol. The first kappa shape index (κ1) is 21.9. The SMILES string of the molecule is CCOC(=O)CSC1=NC(=Cc2ccccc2F)C(=O)N1c1ccc(OC)c(Cl)c1. The van der Waals surface area contributed by atoms with Crippen LogP contribution in [0.5, 0.6) is 5.75 Å². The molecule has 0 aliphatic carbocycles. The first-order valence-electron chi connectivity index (χ1n) is 8.96. The quantitative estimate of drug-likeness (QED) is 0.480. The van der Waals surface area contributed by atoms with Gasteiger partial charge in [-0.2, -0.15) is 0 Å². The molecule has 0 N–H and O–H groups in total. The van der Waals surface area contributed by atoms with Crippen LogP contribution in [0.3, 0.4) is 0 Å². The van der Waals surface area contributed by atoms with E-state index >= 15 is 0 Å². The number of amidine groups is 1. The van der Waals surface area contributed by atoms with Crippen LogP contribution in [0.1, 0.15) is 12.5 Å². The van der Waals surface area contributed by atoms with Gasteiger partial charge in [-0.1, -0.05) is 41.6 Å². The van der Waals surface area contributed by atoms with Gasteiger partial charge >= 0.3 is 5.97 Å². The number of benzene rings is 2. The lowest BCUT2D eigenvalue weighted by Crippen LogP contribution is -2.31. The average molecular weight is 449 g/mol. The van der Waals surface area contributed by atoms with Crippen molar-refractivity contribution in [1.29, 1.82) is 0 Å². The predicted octanol–water partition coefficient (Wildman–Crippen LogP) is 4.53. The molecule has 2 aromatic rings. The molecule has 6 nitrogen and oxygen atoms in total. The summed E-state index contributed by atoms with van der Waals surface area (Å²) in [6.07, 6.45) is 1.37. The normalized spacial score (nSPS) is 14.8. The molecule has 0 unspecified atom stereocenters. The Balaban J connectivity index is 1.97. The summed E-state index contributed by atoms with van der Waals surface area (Å²) in [5, 5.41) is 0.570. The minimum atomic E-state index is -0.473. The van der Waals surface area contributed by atoms with Crippen molar-refractivity contribution in [2.75, 3.05) is 24.4 Å². The maximum Gasteiger partial charge on any atom is 0.316 e. The third-order valence-electron chi connectivity index (χ3n) is 4.05. The smallest absolute Gasteiger partial charge is 0.316 e. The zero-order chi connectivity index (χ0) is 21.7. The number of thioether (sulfide) groups is 1. The van der Waals surface area contributed by atoms with E-state index < -0.39 is 17.7 Å². The number of ether oxygens (including phenoxy) is 2. The average Bonchev–Trinajstić information content (AvgIpc) is 3.03. The lowest BCUT2D eigenvalue weighted by atomic mass is 10.1. The Morgan fingerprint density at radius 2 is 2.07 bits per heavy atom. The third kappa shape index (κ3) is 4.83. The summed E-state index contributed by atoms with van der Waals surface area (Å²) in [5.41, 5.74) is 0.713. The van der Waals surface area contributed by atoms with E-state index in [0.717, 1.165) is 11.8 Å². The van der Waals surface area contributed by atoms with Gasteiger partial charge in [-0.15, -0.1) is 0 Å². The number of carbonyl (C=O) groups excluding carboxylic acids is 2. The Morgan fingerprint density at radius 1 is 1.30 bits per heavy atom. The van der Waals surface area contributed by atoms with Crippen LogP contribution in [0.15, 0.2) is 53.2 Å². The van der Waals surface area contributed by atoms with Crippen molar-refractivity contribution in [3.8, 4) is 5.75 Å². The van der Waals surface area contributed by atoms with Gasteiger partial charge in [0.05, 0.1) is 30.2 Å². The van der Waals surface area contributed by atoms with Crippen LogP contribution >= 0.6 is 23.4 Å². The second-order valence-electron chi connectivity index (χ2n) is 6.00. The first-order chi connectivity index (χ1) is 14.4. The molecule has 0 bridgehead atoms. The highest BCUT2D eigenvalue weighted by Gasteiger charge is 2.33. The number of hydrogen-bond donors (Lipinski definition) is 0. The molecule has 30 heavy (non-hydrogen) atoms. The van der Waals surface area contributed by atoms with Crippen LogP contribution in [0, 0.1) is 5.82 Å². The Bertz CT molecular complexity index is 1040. The highest BCUT2D eigenvalue weighted by atomic mass is 35.5. The van der Waals surface area contributed by atoms with E-state index in [1.807, 2.05) is 0 Å². The number of esters is 1. The van der Waals surface area contributed by atoms with E-state index in [2.05, 4.69) is 4.99 Å². The standard InChI is InChI=1S/C21H18ClFN2O4S/c1-3-29-19(26)12-30-21-24-17(10-13-6-4-5-7-16(13)23)20(27)25(21)14-8-9-18(28-2)15(22)11-14/h4-11H,3,12H2,1-2H3. The number of hydrogen-bond acceptors (Lipinski definition) is 6. The number of nitrogens with zero attached hydrogens (tertiary/aromatic N) is 2. The van der Waals surface area contributed by atoms with Crippen molar-refractivity contribution >= 4 is 52.2 Å². The van der Waals surface area contributed by atoms with Crippen molar-refractivity contribution in [2.45, 2.75) is 6.92 Å². The molecule has 156 valence electrons. The highest BCUT2D eigenvalue weighted by Crippen LogP contribution is 2.34. The van der Waals surface area contributed by atoms with Crippen LogP contribution in [-0.2, 0) is 14.3 Å². The number of methoxy groups -OCH3 is 1. The van der Waals surface area contributed by atoms with E-state index in [1.54, 1.807) is 43.3 Å². The van der Waals surface area contributed by atoms with Gasteiger partial charge in [-0.25, -0.2) is 9.38 Å². The number of aliphatic imine (C=N–C) groups is 1. The van der Waals surface area contributed by atoms with Gasteiger partial charge < -0.3 is 9.47 Å². The fraction of sp³-hybridized carbons (Fsp3) is 0.190. The summed E-state index contributed by atoms with van der Waals surface area (Å²) in [6.45, 7) is 1.96. The van der Waals surface area contributed by atoms with E-state index in [9.17, 15) is 14.0 Å². The molecule has 0 atom stereocenters. The van der Waals surface area contributed by atoms with Crippen molar-refractivity contribution < 1.29 is 23.5 Å². The molecule has 1 aliphatic heterocycles. The molecular formula is C21H18ClFN2O4S. The van der Waals surface area contributed by atoms with Gasteiger partial charge in [0, 0.05) is 5.56 Å². The predicted molar refractivity (Wildman–Crippen MR) is 116 cm³/mol. The molecule has 1 aliphatic rings. The van der Waals surface area contributed by atoms with Gasteiger partial charge in [-0.05, 0) is 37.3 Å². The topological polar surface area (TPSA) is 68.2 Å². The molecule has 0 fully saturated rings. The van der Waals surface area contributed by atoms with Gasteiger partial charge in [0.15, 0.2) is 5.17 Å².